The summed E-state index contributed by atoms with van der Waals surface area (Å²) in [6.45, 7) is 0.839. The van der Waals surface area contributed by atoms with E-state index < -0.39 is 23.4 Å². The molecule has 0 bridgehead atoms. The average Bonchev–Trinajstić information content (AvgIpc) is 2.93. The number of hydrogen-bond acceptors (Lipinski definition) is 3. The molecule has 20 heavy (non-hydrogen) atoms. The Kier molecular flexibility index (Phi) is 4.34. The van der Waals surface area contributed by atoms with Crippen LogP contribution in [0.2, 0.25) is 0 Å². The molecule has 5 nitrogen and oxygen atoms in total. The highest BCUT2D eigenvalue weighted by Gasteiger charge is 2.14. The van der Waals surface area contributed by atoms with E-state index >= 15 is 0 Å². The monoisotopic (exact) mass is 284 g/mol. The fraction of sp³-hybridized carbons (Fsp3) is 0.250. The van der Waals surface area contributed by atoms with Crippen LogP contribution in [0.3, 0.4) is 0 Å². The largest absolute Gasteiger partial charge is 0.352 e. The highest BCUT2D eigenvalue weighted by molar-refractivity contribution is 5.94. The van der Waals surface area contributed by atoms with Crippen LogP contribution < -0.4 is 5.32 Å². The van der Waals surface area contributed by atoms with E-state index in [0.717, 1.165) is 0 Å². The molecule has 1 aromatic carbocycles. The Morgan fingerprint density at radius 3 is 2.55 bits per heavy atom. The van der Waals surface area contributed by atoms with Gasteiger partial charge in [0.05, 0.1) is 6.20 Å². The Morgan fingerprint density at radius 1 is 1.25 bits per heavy atom. The number of carbonyl (C=O) groups is 1. The molecule has 0 unspecified atom stereocenters. The minimum atomic E-state index is -1.59. The van der Waals surface area contributed by atoms with Gasteiger partial charge in [-0.1, -0.05) is 5.21 Å². The number of amides is 1. The standard InChI is InChI=1S/C12H11F3N4O/c13-9-6-8(7-10(14)11(9)15)12(20)16-2-1-4-19-5-3-17-18-19/h3,5-7H,1-2,4H2,(H,16,20). The van der Waals surface area contributed by atoms with Crippen LogP contribution in [0.1, 0.15) is 16.8 Å². The molecule has 0 atom stereocenters. The molecule has 0 aliphatic rings. The molecule has 0 aliphatic carbocycles. The number of rotatable bonds is 5. The summed E-state index contributed by atoms with van der Waals surface area (Å²) in [5, 5.41) is 9.83. The van der Waals surface area contributed by atoms with Crippen LogP contribution in [0, 0.1) is 17.5 Å². The van der Waals surface area contributed by atoms with E-state index in [1.807, 2.05) is 0 Å². The summed E-state index contributed by atoms with van der Waals surface area (Å²) in [4.78, 5) is 11.6. The van der Waals surface area contributed by atoms with Gasteiger partial charge in [0.25, 0.3) is 5.91 Å². The van der Waals surface area contributed by atoms with Crippen molar-refractivity contribution in [1.82, 2.24) is 20.3 Å². The second kappa shape index (κ2) is 6.18. The molecule has 0 saturated carbocycles. The molecule has 106 valence electrons. The number of aryl methyl sites for hydroxylation is 1. The number of hydrogen-bond donors (Lipinski definition) is 1. The molecule has 0 spiro atoms. The van der Waals surface area contributed by atoms with Crippen molar-refractivity contribution in [1.29, 1.82) is 0 Å². The molecule has 8 heteroatoms. The number of halogens is 3. The summed E-state index contributed by atoms with van der Waals surface area (Å²) >= 11 is 0. The predicted octanol–water partition coefficient (Wildman–Crippen LogP) is 1.52. The molecule has 2 aromatic rings. The summed E-state index contributed by atoms with van der Waals surface area (Å²) in [5.41, 5.74) is -0.262. The van der Waals surface area contributed by atoms with Gasteiger partial charge in [0.2, 0.25) is 0 Å². The first kappa shape index (κ1) is 14.0. The van der Waals surface area contributed by atoms with E-state index in [1.165, 1.54) is 6.20 Å². The molecule has 1 N–H and O–H groups in total. The summed E-state index contributed by atoms with van der Waals surface area (Å²) in [7, 11) is 0. The van der Waals surface area contributed by atoms with E-state index in [1.54, 1.807) is 10.9 Å². The van der Waals surface area contributed by atoms with Crippen LogP contribution in [0.5, 0.6) is 0 Å². The first-order valence-electron chi connectivity index (χ1n) is 5.85. The maximum Gasteiger partial charge on any atom is 0.251 e. The fourth-order valence-corrected chi connectivity index (χ4v) is 1.58. The Labute approximate surface area is 112 Å². The molecular weight excluding hydrogens is 273 g/mol. The van der Waals surface area contributed by atoms with Crippen LogP contribution in [0.25, 0.3) is 0 Å². The first-order valence-corrected chi connectivity index (χ1v) is 5.85. The molecule has 1 aromatic heterocycles. The maximum absolute atomic E-state index is 13.0. The molecule has 0 radical (unpaired) electrons. The van der Waals surface area contributed by atoms with E-state index in [-0.39, 0.29) is 5.56 Å². The predicted molar refractivity (Wildman–Crippen MR) is 63.3 cm³/mol. The van der Waals surface area contributed by atoms with E-state index in [2.05, 4.69) is 15.6 Å². The minimum absolute atomic E-state index is 0.262. The van der Waals surface area contributed by atoms with Gasteiger partial charge in [-0.2, -0.15) is 0 Å². The van der Waals surface area contributed by atoms with Gasteiger partial charge in [-0.3, -0.25) is 9.48 Å². The highest BCUT2D eigenvalue weighted by Crippen LogP contribution is 2.13. The third kappa shape index (κ3) is 3.34. The van der Waals surface area contributed by atoms with Crippen molar-refractivity contribution in [3.63, 3.8) is 0 Å². The van der Waals surface area contributed by atoms with E-state index in [9.17, 15) is 18.0 Å². The van der Waals surface area contributed by atoms with Gasteiger partial charge in [0.1, 0.15) is 0 Å². The van der Waals surface area contributed by atoms with E-state index in [0.29, 0.717) is 31.6 Å². The van der Waals surface area contributed by atoms with Crippen molar-refractivity contribution in [2.24, 2.45) is 0 Å². The molecule has 0 saturated heterocycles. The maximum atomic E-state index is 13.0. The van der Waals surface area contributed by atoms with Gasteiger partial charge in [0, 0.05) is 24.8 Å². The third-order valence-corrected chi connectivity index (χ3v) is 2.57. The molecule has 0 aliphatic heterocycles. The average molecular weight is 284 g/mol. The Balaban J connectivity index is 1.86. The van der Waals surface area contributed by atoms with E-state index in [4.69, 9.17) is 0 Å². The Hall–Kier alpha value is -2.38. The number of carbonyl (C=O) groups excluding carboxylic acids is 1. The zero-order valence-corrected chi connectivity index (χ0v) is 10.3. The number of nitrogens with one attached hydrogen (secondary N) is 1. The summed E-state index contributed by atoms with van der Waals surface area (Å²) in [6.07, 6.45) is 3.77. The van der Waals surface area contributed by atoms with Gasteiger partial charge in [-0.15, -0.1) is 5.10 Å². The van der Waals surface area contributed by atoms with Crippen molar-refractivity contribution in [2.45, 2.75) is 13.0 Å². The van der Waals surface area contributed by atoms with Gasteiger partial charge in [-0.25, -0.2) is 13.2 Å². The summed E-state index contributed by atoms with van der Waals surface area (Å²) in [5.74, 6) is -5.04. The van der Waals surface area contributed by atoms with Gasteiger partial charge in [0.15, 0.2) is 17.5 Å². The molecule has 2 rings (SSSR count). The lowest BCUT2D eigenvalue weighted by Crippen LogP contribution is -2.25. The second-order valence-electron chi connectivity index (χ2n) is 4.03. The number of aromatic nitrogens is 3. The lowest BCUT2D eigenvalue weighted by molar-refractivity contribution is 0.0951. The van der Waals surface area contributed by atoms with Crippen molar-refractivity contribution >= 4 is 5.91 Å². The normalized spacial score (nSPS) is 10.6. The Bertz CT molecular complexity index is 578. The zero-order chi connectivity index (χ0) is 14.5. The van der Waals surface area contributed by atoms with Crippen molar-refractivity contribution < 1.29 is 18.0 Å². The third-order valence-electron chi connectivity index (χ3n) is 2.57. The van der Waals surface area contributed by atoms with Crippen LogP contribution in [-0.2, 0) is 6.54 Å². The van der Waals surface area contributed by atoms with Crippen LogP contribution >= 0.6 is 0 Å². The fourth-order valence-electron chi connectivity index (χ4n) is 1.58. The van der Waals surface area contributed by atoms with Crippen molar-refractivity contribution in [3.8, 4) is 0 Å². The lowest BCUT2D eigenvalue weighted by Gasteiger charge is -2.06. The highest BCUT2D eigenvalue weighted by atomic mass is 19.2. The number of nitrogens with zero attached hydrogens (tertiary/aromatic N) is 3. The minimum Gasteiger partial charge on any atom is -0.352 e. The summed E-state index contributed by atoms with van der Waals surface area (Å²) in [6, 6.07) is 1.32. The Morgan fingerprint density at radius 2 is 1.95 bits per heavy atom. The molecule has 1 amide bonds. The van der Waals surface area contributed by atoms with Crippen molar-refractivity contribution in [2.75, 3.05) is 6.54 Å². The van der Waals surface area contributed by atoms with Crippen LogP contribution in [0.15, 0.2) is 24.5 Å². The molecule has 0 fully saturated rings. The van der Waals surface area contributed by atoms with Crippen LogP contribution in [-0.4, -0.2) is 27.4 Å². The second-order valence-corrected chi connectivity index (χ2v) is 4.03. The first-order chi connectivity index (χ1) is 9.58. The van der Waals surface area contributed by atoms with Crippen molar-refractivity contribution in [3.05, 3.63) is 47.5 Å². The van der Waals surface area contributed by atoms with Gasteiger partial charge >= 0.3 is 0 Å². The van der Waals surface area contributed by atoms with Gasteiger partial charge in [-0.05, 0) is 18.6 Å². The zero-order valence-electron chi connectivity index (χ0n) is 10.3. The summed E-state index contributed by atoms with van der Waals surface area (Å²) < 4.78 is 40.2. The smallest absolute Gasteiger partial charge is 0.251 e. The quantitative estimate of drug-likeness (QED) is 0.669. The topological polar surface area (TPSA) is 59.8 Å². The lowest BCUT2D eigenvalue weighted by atomic mass is 10.2. The molecular formula is C12H11F3N4O. The molecule has 1 heterocycles. The number of benzene rings is 1. The van der Waals surface area contributed by atoms with Gasteiger partial charge < -0.3 is 5.32 Å². The van der Waals surface area contributed by atoms with Crippen LogP contribution in [0.4, 0.5) is 13.2 Å². The SMILES string of the molecule is O=C(NCCCn1ccnn1)c1cc(F)c(F)c(F)c1.